The molecule has 2 aliphatic heterocycles. The van der Waals surface area contributed by atoms with Crippen molar-refractivity contribution >= 4 is 11.6 Å². The highest BCUT2D eigenvalue weighted by Crippen LogP contribution is 2.21. The van der Waals surface area contributed by atoms with Crippen molar-refractivity contribution in [3.05, 3.63) is 65.7 Å². The molecule has 1 unspecified atom stereocenters. The second-order valence-electron chi connectivity index (χ2n) is 6.30. The zero-order valence-electron chi connectivity index (χ0n) is 13.3. The molecule has 24 heavy (non-hydrogen) atoms. The van der Waals surface area contributed by atoms with Crippen LogP contribution in [0.15, 0.2) is 60.1 Å². The maximum atomic E-state index is 12.7. The lowest BCUT2D eigenvalue weighted by molar-refractivity contribution is -0.379. The van der Waals surface area contributed by atoms with Gasteiger partial charge in [-0.15, -0.1) is 0 Å². The van der Waals surface area contributed by atoms with E-state index in [0.29, 0.717) is 13.0 Å². The summed E-state index contributed by atoms with van der Waals surface area (Å²) in [6.07, 6.45) is 10.9. The van der Waals surface area contributed by atoms with Crippen molar-refractivity contribution in [1.29, 1.82) is 0 Å². The van der Waals surface area contributed by atoms with Crippen LogP contribution in [0.1, 0.15) is 18.4 Å². The smallest absolute Gasteiger partial charge is 0.251 e. The Balaban J connectivity index is 1.48. The van der Waals surface area contributed by atoms with E-state index in [2.05, 4.69) is 28.5 Å². The third-order valence-corrected chi connectivity index (χ3v) is 4.65. The van der Waals surface area contributed by atoms with Gasteiger partial charge in [0.15, 0.2) is 5.82 Å². The number of carbonyl (C=O) groups is 1. The first-order valence-corrected chi connectivity index (χ1v) is 8.25. The lowest BCUT2D eigenvalue weighted by atomic mass is 9.99. The monoisotopic (exact) mass is 322 g/mol. The van der Waals surface area contributed by atoms with Crippen LogP contribution >= 0.6 is 0 Å². The topological polar surface area (TPSA) is 66.5 Å². The van der Waals surface area contributed by atoms with Gasteiger partial charge in [0.05, 0.1) is 0 Å². The van der Waals surface area contributed by atoms with E-state index in [9.17, 15) is 9.90 Å². The minimum Gasteiger partial charge on any atom is -0.508 e. The van der Waals surface area contributed by atoms with Crippen molar-refractivity contribution in [1.82, 2.24) is 10.2 Å². The van der Waals surface area contributed by atoms with Gasteiger partial charge in [-0.3, -0.25) is 9.69 Å². The second-order valence-corrected chi connectivity index (χ2v) is 6.30. The molecule has 0 spiro atoms. The van der Waals surface area contributed by atoms with Gasteiger partial charge in [-0.25, -0.2) is 4.99 Å². The molecule has 1 atom stereocenters. The quantitative estimate of drug-likeness (QED) is 0.752. The van der Waals surface area contributed by atoms with Crippen LogP contribution in [-0.2, 0) is 11.2 Å². The Bertz CT molecular complexity index is 787. The number of carbonyl (C=O) groups excluding carboxylic acids is 1. The molecule has 122 valence electrons. The van der Waals surface area contributed by atoms with Crippen LogP contribution in [0.3, 0.4) is 0 Å². The molecule has 0 radical (unpaired) electrons. The first-order valence-electron chi connectivity index (χ1n) is 8.25. The lowest BCUT2D eigenvalue weighted by Crippen LogP contribution is -2.72. The predicted molar refractivity (Wildman–Crippen MR) is 91.0 cm³/mol. The number of hydrogen-bond acceptors (Lipinski definition) is 3. The number of amides is 1. The van der Waals surface area contributed by atoms with E-state index in [1.165, 1.54) is 5.57 Å². The third kappa shape index (κ3) is 2.73. The zero-order chi connectivity index (χ0) is 16.5. The average Bonchev–Trinajstić information content (AvgIpc) is 2.93. The summed E-state index contributed by atoms with van der Waals surface area (Å²) < 4.78 is 0. The summed E-state index contributed by atoms with van der Waals surface area (Å²) >= 11 is 0. The Morgan fingerprint density at radius 1 is 1.29 bits per heavy atom. The van der Waals surface area contributed by atoms with E-state index in [1.807, 2.05) is 23.2 Å². The molecule has 1 aliphatic carbocycles. The molecule has 3 N–H and O–H groups in total. The highest BCUT2D eigenvalue weighted by atomic mass is 16.3. The minimum atomic E-state index is -0.262. The summed E-state index contributed by atoms with van der Waals surface area (Å²) in [5, 5.41) is 12.7. The molecule has 4 rings (SSSR count). The largest absolute Gasteiger partial charge is 0.508 e. The number of phenolic OH excluding ortho intramolecular Hbond substituents is 1. The maximum Gasteiger partial charge on any atom is 0.251 e. The van der Waals surface area contributed by atoms with E-state index in [4.69, 9.17) is 0 Å². The number of fused-ring (bicyclic) bond motifs is 1. The highest BCUT2D eigenvalue weighted by molar-refractivity contribution is 6.01. The Hall–Kier alpha value is -2.82. The molecule has 3 aliphatic rings. The van der Waals surface area contributed by atoms with Crippen molar-refractivity contribution in [2.75, 3.05) is 6.54 Å². The van der Waals surface area contributed by atoms with E-state index in [1.54, 1.807) is 12.1 Å². The molecule has 2 heterocycles. The number of nitrogens with one attached hydrogen (secondary N) is 2. The normalized spacial score (nSPS) is 22.5. The van der Waals surface area contributed by atoms with Crippen molar-refractivity contribution < 1.29 is 14.9 Å². The van der Waals surface area contributed by atoms with Crippen molar-refractivity contribution in [3.8, 4) is 5.75 Å². The first-order chi connectivity index (χ1) is 11.7. The van der Waals surface area contributed by atoms with Crippen LogP contribution in [0, 0.1) is 0 Å². The van der Waals surface area contributed by atoms with Gasteiger partial charge in [-0.1, -0.05) is 30.4 Å². The molecule has 5 heteroatoms. The fourth-order valence-electron chi connectivity index (χ4n) is 3.32. The van der Waals surface area contributed by atoms with Gasteiger partial charge in [-0.05, 0) is 30.5 Å². The van der Waals surface area contributed by atoms with E-state index in [-0.39, 0.29) is 17.7 Å². The van der Waals surface area contributed by atoms with Gasteiger partial charge in [0, 0.05) is 12.0 Å². The van der Waals surface area contributed by atoms with Gasteiger partial charge in [0.1, 0.15) is 18.3 Å². The lowest BCUT2D eigenvalue weighted by Gasteiger charge is -2.19. The molecule has 0 saturated carbocycles. The first kappa shape index (κ1) is 14.8. The number of aromatic hydroxyl groups is 1. The number of allylic oxidation sites excluding steroid dienone is 3. The number of nitrogens with zero attached hydrogens (tertiary/aromatic N) is 1. The Morgan fingerprint density at radius 3 is 2.88 bits per heavy atom. The van der Waals surface area contributed by atoms with Crippen LogP contribution in [0.25, 0.3) is 0 Å². The van der Waals surface area contributed by atoms with Gasteiger partial charge in [-0.2, -0.15) is 0 Å². The Labute approximate surface area is 140 Å². The van der Waals surface area contributed by atoms with Crippen molar-refractivity contribution in [2.45, 2.75) is 25.3 Å². The molecular weight excluding hydrogens is 302 g/mol. The van der Waals surface area contributed by atoms with E-state index >= 15 is 0 Å². The number of rotatable bonds is 3. The average molecular weight is 322 g/mol. The zero-order valence-corrected chi connectivity index (χ0v) is 13.3. The molecule has 5 nitrogen and oxygen atoms in total. The van der Waals surface area contributed by atoms with E-state index < -0.39 is 0 Å². The SMILES string of the molecule is O=C1C(Cc2ccc(O)cc2)NC2=C[NH+]=C(C3=CC=CCC3)CN12. The van der Waals surface area contributed by atoms with E-state index in [0.717, 1.165) is 29.9 Å². The molecule has 1 amide bonds. The van der Waals surface area contributed by atoms with Gasteiger partial charge in [0.25, 0.3) is 5.91 Å². The standard InChI is InChI=1S/C19H19N3O2/c23-15-8-6-13(7-9-15)10-16-19(24)22-12-17(20-11-18(22)21-16)14-4-2-1-3-5-14/h1-2,4,6-9,11,16,21,23H,3,5,10,12H2/p+1. The van der Waals surface area contributed by atoms with Gasteiger partial charge < -0.3 is 10.4 Å². The molecule has 0 aromatic heterocycles. The minimum absolute atomic E-state index is 0.0975. The highest BCUT2D eigenvalue weighted by Gasteiger charge is 2.39. The van der Waals surface area contributed by atoms with Crippen molar-refractivity contribution in [3.63, 3.8) is 0 Å². The summed E-state index contributed by atoms with van der Waals surface area (Å²) in [5.41, 5.74) is 3.39. The number of phenols is 1. The summed E-state index contributed by atoms with van der Waals surface area (Å²) in [6.45, 7) is 0.587. The third-order valence-electron chi connectivity index (χ3n) is 4.65. The number of hydrogen-bond donors (Lipinski definition) is 3. The molecule has 1 aromatic carbocycles. The molecular formula is C19H20N3O2+. The molecule has 1 aromatic rings. The predicted octanol–water partition coefficient (Wildman–Crippen LogP) is 0.346. The van der Waals surface area contributed by atoms with Crippen LogP contribution in [-0.4, -0.2) is 34.2 Å². The molecule has 0 bridgehead atoms. The number of benzene rings is 1. The van der Waals surface area contributed by atoms with Crippen molar-refractivity contribution in [2.24, 2.45) is 0 Å². The van der Waals surface area contributed by atoms with Gasteiger partial charge in [0.2, 0.25) is 11.9 Å². The maximum absolute atomic E-state index is 12.7. The van der Waals surface area contributed by atoms with Gasteiger partial charge >= 0.3 is 0 Å². The Kier molecular flexibility index (Phi) is 3.69. The Morgan fingerprint density at radius 2 is 2.12 bits per heavy atom. The summed E-state index contributed by atoms with van der Waals surface area (Å²) in [7, 11) is 0. The van der Waals surface area contributed by atoms with Crippen LogP contribution < -0.4 is 10.3 Å². The van der Waals surface area contributed by atoms with Crippen LogP contribution in [0.5, 0.6) is 5.75 Å². The van der Waals surface area contributed by atoms with Crippen LogP contribution in [0.4, 0.5) is 0 Å². The fraction of sp³-hybridized carbons (Fsp3) is 0.263. The second kappa shape index (κ2) is 6.00. The molecule has 1 saturated heterocycles. The fourth-order valence-corrected chi connectivity index (χ4v) is 3.32. The summed E-state index contributed by atoms with van der Waals surface area (Å²) in [5.74, 6) is 1.17. The van der Waals surface area contributed by atoms with Crippen LogP contribution in [0.2, 0.25) is 0 Å². The summed E-state index contributed by atoms with van der Waals surface area (Å²) in [4.78, 5) is 17.9. The molecule has 1 fully saturated rings. The summed E-state index contributed by atoms with van der Waals surface area (Å²) in [6, 6.07) is 6.74.